The van der Waals surface area contributed by atoms with E-state index in [-0.39, 0.29) is 13.1 Å². The van der Waals surface area contributed by atoms with E-state index < -0.39 is 22.9 Å². The second-order valence-electron chi connectivity index (χ2n) is 2.53. The van der Waals surface area contributed by atoms with Crippen molar-refractivity contribution in [2.24, 2.45) is 0 Å². The fourth-order valence-electron chi connectivity index (χ4n) is 0.828. The van der Waals surface area contributed by atoms with E-state index in [2.05, 4.69) is 0 Å². The number of hydrogen-bond donors (Lipinski definition) is 1. The Kier molecular flexibility index (Phi) is 4.82. The van der Waals surface area contributed by atoms with Crippen LogP contribution in [0.25, 0.3) is 0 Å². The van der Waals surface area contributed by atoms with Crippen LogP contribution < -0.4 is 4.72 Å². The van der Waals surface area contributed by atoms with Crippen LogP contribution in [-0.4, -0.2) is 38.5 Å². The van der Waals surface area contributed by atoms with Crippen molar-refractivity contribution in [3.63, 3.8) is 0 Å². The molecule has 4 nitrogen and oxygen atoms in total. The molecule has 14 heavy (non-hydrogen) atoms. The lowest BCUT2D eigenvalue weighted by molar-refractivity contribution is -0.121. The van der Waals surface area contributed by atoms with Crippen molar-refractivity contribution in [1.29, 1.82) is 0 Å². The van der Waals surface area contributed by atoms with Gasteiger partial charge in [-0.1, -0.05) is 13.8 Å². The molecule has 0 saturated carbocycles. The van der Waals surface area contributed by atoms with E-state index >= 15 is 0 Å². The molecule has 0 aliphatic rings. The van der Waals surface area contributed by atoms with Crippen molar-refractivity contribution in [3.05, 3.63) is 0 Å². The van der Waals surface area contributed by atoms with Gasteiger partial charge in [-0.3, -0.25) is 0 Å². The maximum absolute atomic E-state index is 11.7. The highest BCUT2D eigenvalue weighted by Crippen LogP contribution is 2.13. The number of nitrogens with zero attached hydrogens (tertiary/aromatic N) is 1. The minimum atomic E-state index is -4.53. The van der Waals surface area contributed by atoms with Crippen LogP contribution in [0, 0.1) is 0 Å². The van der Waals surface area contributed by atoms with Gasteiger partial charge in [0.2, 0.25) is 0 Å². The lowest BCUT2D eigenvalue weighted by Crippen LogP contribution is -2.44. The first-order valence-electron chi connectivity index (χ1n) is 4.04. The van der Waals surface area contributed by atoms with E-state index in [0.29, 0.717) is 0 Å². The first-order chi connectivity index (χ1) is 6.23. The van der Waals surface area contributed by atoms with E-state index in [1.165, 1.54) is 4.72 Å². The molecule has 86 valence electrons. The van der Waals surface area contributed by atoms with Crippen molar-refractivity contribution in [1.82, 2.24) is 9.03 Å². The molecule has 0 unspecified atom stereocenters. The topological polar surface area (TPSA) is 49.4 Å². The zero-order valence-electron chi connectivity index (χ0n) is 7.93. The molecule has 0 saturated heterocycles. The van der Waals surface area contributed by atoms with Crippen LogP contribution in [0.5, 0.6) is 0 Å². The molecule has 0 fully saturated rings. The van der Waals surface area contributed by atoms with Gasteiger partial charge in [0.25, 0.3) is 10.2 Å². The molecule has 0 aromatic rings. The first-order valence-corrected chi connectivity index (χ1v) is 5.48. The molecule has 0 aliphatic heterocycles. The van der Waals surface area contributed by atoms with Crippen molar-refractivity contribution < 1.29 is 21.6 Å². The minimum Gasteiger partial charge on any atom is -0.195 e. The number of hydrogen-bond acceptors (Lipinski definition) is 2. The summed E-state index contributed by atoms with van der Waals surface area (Å²) < 4.78 is 59.8. The second-order valence-corrected chi connectivity index (χ2v) is 4.28. The SMILES string of the molecule is CCN(CC)S(=O)(=O)NCC(F)(F)F. The Balaban J connectivity index is 4.35. The maximum atomic E-state index is 11.7. The lowest BCUT2D eigenvalue weighted by atomic mass is 10.7. The van der Waals surface area contributed by atoms with Crippen LogP contribution in [-0.2, 0) is 10.2 Å². The average molecular weight is 234 g/mol. The van der Waals surface area contributed by atoms with Crippen LogP contribution in [0.1, 0.15) is 13.8 Å². The summed E-state index contributed by atoms with van der Waals surface area (Å²) in [4.78, 5) is 0. The summed E-state index contributed by atoms with van der Waals surface area (Å²) >= 11 is 0. The fourth-order valence-corrected chi connectivity index (χ4v) is 2.04. The maximum Gasteiger partial charge on any atom is 0.402 e. The van der Waals surface area contributed by atoms with Gasteiger partial charge >= 0.3 is 6.18 Å². The van der Waals surface area contributed by atoms with Crippen LogP contribution in [0.15, 0.2) is 0 Å². The van der Waals surface area contributed by atoms with E-state index in [0.717, 1.165) is 4.31 Å². The van der Waals surface area contributed by atoms with E-state index in [1.54, 1.807) is 13.8 Å². The van der Waals surface area contributed by atoms with Gasteiger partial charge < -0.3 is 0 Å². The number of rotatable bonds is 5. The lowest BCUT2D eigenvalue weighted by Gasteiger charge is -2.19. The molecule has 8 heteroatoms. The summed E-state index contributed by atoms with van der Waals surface area (Å²) in [5.41, 5.74) is 0. The monoisotopic (exact) mass is 234 g/mol. The summed E-state index contributed by atoms with van der Waals surface area (Å²) in [6, 6.07) is 0. The summed E-state index contributed by atoms with van der Waals surface area (Å²) in [6.45, 7) is 1.85. The third-order valence-corrected chi connectivity index (χ3v) is 3.21. The molecule has 1 N–H and O–H groups in total. The van der Waals surface area contributed by atoms with Gasteiger partial charge in [0.05, 0.1) is 0 Å². The molecular formula is C6H13F3N2O2S. The zero-order chi connectivity index (χ0) is 11.4. The Morgan fingerprint density at radius 2 is 1.64 bits per heavy atom. The Morgan fingerprint density at radius 1 is 1.21 bits per heavy atom. The molecule has 0 aromatic carbocycles. The summed E-state index contributed by atoms with van der Waals surface area (Å²) in [7, 11) is -3.99. The molecular weight excluding hydrogens is 221 g/mol. The first kappa shape index (κ1) is 13.7. The van der Waals surface area contributed by atoms with Gasteiger partial charge in [0, 0.05) is 13.1 Å². The van der Waals surface area contributed by atoms with Crippen LogP contribution in [0.3, 0.4) is 0 Å². The van der Waals surface area contributed by atoms with Crippen LogP contribution in [0.4, 0.5) is 13.2 Å². The highest BCUT2D eigenvalue weighted by molar-refractivity contribution is 7.87. The van der Waals surface area contributed by atoms with Gasteiger partial charge in [-0.15, -0.1) is 0 Å². The Labute approximate surface area is 81.3 Å². The molecule has 0 amide bonds. The van der Waals surface area contributed by atoms with Gasteiger partial charge in [-0.2, -0.15) is 30.6 Å². The zero-order valence-corrected chi connectivity index (χ0v) is 8.74. The molecule has 0 aliphatic carbocycles. The highest BCUT2D eigenvalue weighted by Gasteiger charge is 2.30. The van der Waals surface area contributed by atoms with E-state index in [4.69, 9.17) is 0 Å². The summed E-state index contributed by atoms with van der Waals surface area (Å²) in [5, 5.41) is 0. The van der Waals surface area contributed by atoms with Crippen LogP contribution in [0.2, 0.25) is 0 Å². The third kappa shape index (κ3) is 4.77. The van der Waals surface area contributed by atoms with Crippen molar-refractivity contribution in [2.45, 2.75) is 20.0 Å². The average Bonchev–Trinajstić information content (AvgIpc) is 2.02. The van der Waals surface area contributed by atoms with Gasteiger partial charge in [-0.25, -0.2) is 0 Å². The predicted octanol–water partition coefficient (Wildman–Crippen LogP) is 0.725. The number of nitrogens with one attached hydrogen (secondary N) is 1. The molecule has 0 heterocycles. The van der Waals surface area contributed by atoms with E-state index in [1.807, 2.05) is 0 Å². The molecule has 0 rings (SSSR count). The smallest absolute Gasteiger partial charge is 0.195 e. The van der Waals surface area contributed by atoms with Crippen molar-refractivity contribution >= 4 is 10.2 Å². The van der Waals surface area contributed by atoms with Gasteiger partial charge in [-0.05, 0) is 0 Å². The molecule has 0 aromatic heterocycles. The molecule has 0 bridgehead atoms. The molecule has 0 radical (unpaired) electrons. The van der Waals surface area contributed by atoms with Gasteiger partial charge in [0.1, 0.15) is 6.54 Å². The van der Waals surface area contributed by atoms with Gasteiger partial charge in [0.15, 0.2) is 0 Å². The van der Waals surface area contributed by atoms with E-state index in [9.17, 15) is 21.6 Å². The second kappa shape index (κ2) is 4.94. The standard InChI is InChI=1S/C6H13F3N2O2S/c1-3-11(4-2)14(12,13)10-5-6(7,8)9/h10H,3-5H2,1-2H3. The normalized spacial score (nSPS) is 13.6. The summed E-state index contributed by atoms with van der Waals surface area (Å²) in [6.07, 6.45) is -4.53. The molecule has 0 atom stereocenters. The van der Waals surface area contributed by atoms with Crippen LogP contribution >= 0.6 is 0 Å². The fraction of sp³-hybridized carbons (Fsp3) is 1.00. The quantitative estimate of drug-likeness (QED) is 0.762. The third-order valence-electron chi connectivity index (χ3n) is 1.50. The Morgan fingerprint density at radius 3 is 1.93 bits per heavy atom. The Bertz CT molecular complexity index is 259. The van der Waals surface area contributed by atoms with Crippen molar-refractivity contribution in [2.75, 3.05) is 19.6 Å². The Hall–Kier alpha value is -0.340. The number of halogens is 3. The largest absolute Gasteiger partial charge is 0.402 e. The highest BCUT2D eigenvalue weighted by atomic mass is 32.2. The summed E-state index contributed by atoms with van der Waals surface area (Å²) in [5.74, 6) is 0. The predicted molar refractivity (Wildman–Crippen MR) is 45.9 cm³/mol. The number of alkyl halides is 3. The molecule has 0 spiro atoms. The van der Waals surface area contributed by atoms with Crippen molar-refractivity contribution in [3.8, 4) is 0 Å². The minimum absolute atomic E-state index is 0.143.